The van der Waals surface area contributed by atoms with Gasteiger partial charge in [-0.2, -0.15) is 6.07 Å². The molecule has 0 aliphatic heterocycles. The normalized spacial score (nSPS) is 10.1. The van der Waals surface area contributed by atoms with Crippen LogP contribution in [-0.2, 0) is 24.2 Å². The summed E-state index contributed by atoms with van der Waals surface area (Å²) in [6.07, 6.45) is 0. The van der Waals surface area contributed by atoms with Gasteiger partial charge >= 0.3 is 99.2 Å². The third kappa shape index (κ3) is 8.05. The van der Waals surface area contributed by atoms with Gasteiger partial charge in [0.25, 0.3) is 0 Å². The van der Waals surface area contributed by atoms with Gasteiger partial charge in [-0.25, -0.2) is 0 Å². The molecule has 7 aromatic carbocycles. The molecule has 0 amide bonds. The molecule has 0 atom stereocenters. The van der Waals surface area contributed by atoms with Gasteiger partial charge in [0.05, 0.1) is 0 Å². The van der Waals surface area contributed by atoms with Crippen LogP contribution in [0.5, 0.6) is 0 Å². The molecule has 0 aliphatic rings. The van der Waals surface area contributed by atoms with Crippen molar-refractivity contribution in [3.05, 3.63) is 167 Å². The van der Waals surface area contributed by atoms with Crippen LogP contribution < -0.4 is 24.8 Å². The van der Waals surface area contributed by atoms with Crippen molar-refractivity contribution < 1.29 is 49.0 Å². The van der Waals surface area contributed by atoms with Gasteiger partial charge in [-0.15, -0.1) is 79.8 Å². The summed E-state index contributed by atoms with van der Waals surface area (Å²) in [5.41, 5.74) is 8.04. The van der Waals surface area contributed by atoms with Crippen molar-refractivity contribution in [2.24, 2.45) is 0 Å². The molecule has 210 valence electrons. The van der Waals surface area contributed by atoms with Crippen LogP contribution in [-0.4, -0.2) is 3.21 Å². The number of aryl methyl sites for hydroxylation is 4. The van der Waals surface area contributed by atoms with E-state index in [0.717, 1.165) is 0 Å². The fourth-order valence-corrected chi connectivity index (χ4v) is 6.00. The van der Waals surface area contributed by atoms with Crippen LogP contribution in [0.1, 0.15) is 33.4 Å². The number of hydrogen-bond donors (Lipinski definition) is 0. The molecule has 0 bridgehead atoms. The Kier molecular flexibility index (Phi) is 12.3. The SMILES string of the molecule is Cc1cc2cccc(C)c2[cH-]1.Cc1ccc2c(c1)[cH-]c1cc(C)ccc12.[Cl-].[Cl-].[Zr+2]=[C](c1ccccc1)c1ccccc1. The number of fused-ring (bicyclic) bond motifs is 4. The average Bonchev–Trinajstić information content (AvgIpc) is 3.53. The van der Waals surface area contributed by atoms with Crippen LogP contribution in [0.3, 0.4) is 0 Å². The Balaban J connectivity index is 0.000000171. The van der Waals surface area contributed by atoms with E-state index >= 15 is 0 Å². The second-order valence-electron chi connectivity index (χ2n) is 10.5. The quantitative estimate of drug-likeness (QED) is 0.242. The first-order valence-electron chi connectivity index (χ1n) is 13.8. The van der Waals surface area contributed by atoms with E-state index in [1.165, 1.54) is 93.1 Å². The fraction of sp³-hybridized carbons (Fsp3) is 0.103. The maximum absolute atomic E-state index is 2.28. The van der Waals surface area contributed by atoms with E-state index in [-0.39, 0.29) is 24.8 Å². The second-order valence-corrected chi connectivity index (χ2v) is 11.8. The molecule has 0 spiro atoms. The molecule has 0 saturated carbocycles. The Bertz CT molecular complexity index is 1800. The Morgan fingerprint density at radius 3 is 1.50 bits per heavy atom. The fourth-order valence-electron chi connectivity index (χ4n) is 5.18. The van der Waals surface area contributed by atoms with E-state index in [4.69, 9.17) is 0 Å². The number of halogens is 2. The van der Waals surface area contributed by atoms with Crippen molar-refractivity contribution in [1.29, 1.82) is 0 Å². The zero-order valence-corrected chi connectivity index (χ0v) is 28.4. The monoisotopic (exact) mass is 662 g/mol. The molecule has 3 heteroatoms. The summed E-state index contributed by atoms with van der Waals surface area (Å²) in [4.78, 5) is 0. The summed E-state index contributed by atoms with van der Waals surface area (Å²) in [5.74, 6) is 0. The van der Waals surface area contributed by atoms with Crippen LogP contribution in [0.2, 0.25) is 0 Å². The van der Waals surface area contributed by atoms with E-state index in [1.54, 1.807) is 0 Å². The first-order chi connectivity index (χ1) is 19.4. The Morgan fingerprint density at radius 2 is 1.02 bits per heavy atom. The van der Waals surface area contributed by atoms with Crippen LogP contribution in [0.15, 0.2) is 133 Å². The minimum atomic E-state index is 0. The summed E-state index contributed by atoms with van der Waals surface area (Å²) in [7, 11) is 0. The molecule has 0 aromatic heterocycles. The molecular weight excluding hydrogens is 631 g/mol. The van der Waals surface area contributed by atoms with Gasteiger partial charge in [-0.1, -0.05) is 55.3 Å². The van der Waals surface area contributed by atoms with Crippen molar-refractivity contribution in [1.82, 2.24) is 0 Å². The summed E-state index contributed by atoms with van der Waals surface area (Å²) in [6, 6.07) is 47.6. The number of rotatable bonds is 2. The van der Waals surface area contributed by atoms with E-state index in [0.29, 0.717) is 0 Å². The molecule has 0 heterocycles. The molecule has 0 radical (unpaired) electrons. The van der Waals surface area contributed by atoms with Crippen molar-refractivity contribution in [2.75, 3.05) is 0 Å². The first kappa shape index (κ1) is 33.4. The van der Waals surface area contributed by atoms with Crippen LogP contribution in [0.25, 0.3) is 32.3 Å². The molecule has 42 heavy (non-hydrogen) atoms. The van der Waals surface area contributed by atoms with Crippen molar-refractivity contribution in [2.45, 2.75) is 27.7 Å². The Morgan fingerprint density at radius 1 is 0.524 bits per heavy atom. The average molecular weight is 665 g/mol. The summed E-state index contributed by atoms with van der Waals surface area (Å²) in [5, 5.41) is 8.21. The van der Waals surface area contributed by atoms with Gasteiger partial charge in [-0.3, -0.25) is 0 Å². The summed E-state index contributed by atoms with van der Waals surface area (Å²) >= 11 is 1.46. The van der Waals surface area contributed by atoms with Crippen LogP contribution in [0, 0.1) is 27.7 Å². The third-order valence-electron chi connectivity index (χ3n) is 7.25. The van der Waals surface area contributed by atoms with Crippen LogP contribution in [0.4, 0.5) is 0 Å². The number of benzene rings is 5. The molecule has 7 rings (SSSR count). The minimum absolute atomic E-state index is 0. The van der Waals surface area contributed by atoms with Gasteiger partial charge in [0, 0.05) is 0 Å². The van der Waals surface area contributed by atoms with E-state index < -0.39 is 0 Å². The summed E-state index contributed by atoms with van der Waals surface area (Å²) < 4.78 is 1.42. The standard InChI is InChI=1S/C15H13.C13H10.C11H11.2ClH.Zr/c1-10-3-5-14-12(7-10)9-13-8-11(2)4-6-15(13)14;1-3-7-12(8-4-1)11-13-9-5-2-6-10-13;1-8-6-10-5-3-4-9(2)11(10)7-8;;;/h3-9H,1-2H3;1-10H;3-7H,1-2H3;2*1H;/q-1;;-1;;;+2/p-2. The molecular formula is C39H34Cl2Zr-2. The third-order valence-corrected chi connectivity index (χ3v) is 8.67. The molecule has 0 nitrogen and oxygen atoms in total. The zero-order chi connectivity index (χ0) is 28.1. The van der Waals surface area contributed by atoms with Crippen molar-refractivity contribution in [3.63, 3.8) is 0 Å². The first-order valence-corrected chi connectivity index (χ1v) is 15.0. The van der Waals surface area contributed by atoms with Gasteiger partial charge in [0.15, 0.2) is 0 Å². The second kappa shape index (κ2) is 15.4. The molecule has 0 saturated heterocycles. The van der Waals surface area contributed by atoms with Crippen LogP contribution >= 0.6 is 0 Å². The predicted octanol–water partition coefficient (Wildman–Crippen LogP) is 4.31. The topological polar surface area (TPSA) is 0 Å². The Labute approximate surface area is 277 Å². The maximum atomic E-state index is 2.28. The van der Waals surface area contributed by atoms with E-state index in [1.807, 2.05) is 0 Å². The summed E-state index contributed by atoms with van der Waals surface area (Å²) in [6.45, 7) is 8.58. The Hall–Kier alpha value is -3.09. The van der Waals surface area contributed by atoms with Gasteiger partial charge in [0.1, 0.15) is 0 Å². The zero-order valence-electron chi connectivity index (χ0n) is 24.5. The van der Waals surface area contributed by atoms with E-state index in [9.17, 15) is 0 Å². The molecule has 7 aromatic rings. The molecule has 0 fully saturated rings. The van der Waals surface area contributed by atoms with Gasteiger partial charge < -0.3 is 24.8 Å². The molecule has 0 unspecified atom stereocenters. The van der Waals surface area contributed by atoms with Crippen molar-refractivity contribution in [3.8, 4) is 0 Å². The molecule has 0 aliphatic carbocycles. The van der Waals surface area contributed by atoms with Gasteiger partial charge in [-0.05, 0) is 13.8 Å². The van der Waals surface area contributed by atoms with Gasteiger partial charge in [0.2, 0.25) is 0 Å². The predicted molar refractivity (Wildman–Crippen MR) is 172 cm³/mol. The van der Waals surface area contributed by atoms with Crippen molar-refractivity contribution >= 4 is 35.5 Å². The molecule has 0 N–H and O–H groups in total. The van der Waals surface area contributed by atoms with E-state index in [2.05, 4.69) is 161 Å². The number of hydrogen-bond acceptors (Lipinski definition) is 0.